The van der Waals surface area contributed by atoms with Crippen LogP contribution in [0.5, 0.6) is 0 Å². The molecule has 0 aromatic rings. The standard InChI is InChI=1S/C27H55N.BrH/c1-5-9-10-11-12-13-14-15-16-17-18-19-20-21-22-23-24-25-27(7-3,8-4)26(28)6-2;/h6,26H,2,5,7-25,28H2,1,3-4H3;1H. The second-order valence-corrected chi connectivity index (χ2v) is 9.24. The third-order valence-electron chi connectivity index (χ3n) is 7.15. The first-order valence-corrected chi connectivity index (χ1v) is 13.0. The molecule has 1 nitrogen and oxygen atoms in total. The number of hydrogen-bond acceptors (Lipinski definition) is 1. The zero-order chi connectivity index (χ0) is 20.9. The predicted octanol–water partition coefficient (Wildman–Crippen LogP) is 9.93. The van der Waals surface area contributed by atoms with Crippen molar-refractivity contribution in [3.63, 3.8) is 0 Å². The van der Waals surface area contributed by atoms with Gasteiger partial charge >= 0.3 is 0 Å². The smallest absolute Gasteiger partial charge is 0.0278 e. The van der Waals surface area contributed by atoms with Gasteiger partial charge in [-0.25, -0.2) is 0 Å². The maximum atomic E-state index is 6.33. The molecule has 0 aliphatic carbocycles. The Labute approximate surface area is 195 Å². The molecule has 0 heterocycles. The van der Waals surface area contributed by atoms with Gasteiger partial charge in [0.1, 0.15) is 0 Å². The fraction of sp³-hybridized carbons (Fsp3) is 0.926. The van der Waals surface area contributed by atoms with Crippen molar-refractivity contribution < 1.29 is 0 Å². The highest BCUT2D eigenvalue weighted by molar-refractivity contribution is 8.93. The van der Waals surface area contributed by atoms with Crippen molar-refractivity contribution in [3.05, 3.63) is 12.7 Å². The summed E-state index contributed by atoms with van der Waals surface area (Å²) in [5, 5.41) is 0. The molecule has 0 aromatic heterocycles. The van der Waals surface area contributed by atoms with Crippen LogP contribution < -0.4 is 5.73 Å². The van der Waals surface area contributed by atoms with Gasteiger partial charge in [-0.15, -0.1) is 23.6 Å². The van der Waals surface area contributed by atoms with E-state index in [4.69, 9.17) is 5.73 Å². The maximum absolute atomic E-state index is 6.33. The van der Waals surface area contributed by atoms with Crippen LogP contribution in [0.15, 0.2) is 12.7 Å². The summed E-state index contributed by atoms with van der Waals surface area (Å²) in [6.07, 6.45) is 30.0. The molecule has 2 N–H and O–H groups in total. The Balaban J connectivity index is 0. The van der Waals surface area contributed by atoms with Crippen molar-refractivity contribution in [3.8, 4) is 0 Å². The van der Waals surface area contributed by atoms with E-state index in [0.717, 1.165) is 0 Å². The summed E-state index contributed by atoms with van der Waals surface area (Å²) >= 11 is 0. The highest BCUT2D eigenvalue weighted by Gasteiger charge is 2.30. The van der Waals surface area contributed by atoms with Crippen LogP contribution in [0.3, 0.4) is 0 Å². The van der Waals surface area contributed by atoms with Crippen LogP contribution in [0, 0.1) is 5.41 Å². The Morgan fingerprint density at radius 1 is 0.621 bits per heavy atom. The summed E-state index contributed by atoms with van der Waals surface area (Å²) in [5.41, 5.74) is 6.62. The lowest BCUT2D eigenvalue weighted by Crippen LogP contribution is -2.39. The van der Waals surface area contributed by atoms with E-state index in [9.17, 15) is 0 Å². The van der Waals surface area contributed by atoms with Crippen LogP contribution in [-0.4, -0.2) is 6.04 Å². The first kappa shape index (κ1) is 31.4. The Hall–Kier alpha value is 0.180. The van der Waals surface area contributed by atoms with Gasteiger partial charge in [0.15, 0.2) is 0 Å². The highest BCUT2D eigenvalue weighted by Crippen LogP contribution is 2.36. The van der Waals surface area contributed by atoms with E-state index >= 15 is 0 Å². The molecule has 0 spiro atoms. The van der Waals surface area contributed by atoms with Crippen molar-refractivity contribution in [1.29, 1.82) is 0 Å². The van der Waals surface area contributed by atoms with E-state index in [1.54, 1.807) is 0 Å². The average molecular weight is 475 g/mol. The van der Waals surface area contributed by atoms with Gasteiger partial charge in [0.2, 0.25) is 0 Å². The largest absolute Gasteiger partial charge is 0.324 e. The second-order valence-electron chi connectivity index (χ2n) is 9.24. The van der Waals surface area contributed by atoms with Gasteiger partial charge in [-0.2, -0.15) is 0 Å². The summed E-state index contributed by atoms with van der Waals surface area (Å²) in [5.74, 6) is 0. The Bertz CT molecular complexity index is 324. The summed E-state index contributed by atoms with van der Waals surface area (Å²) < 4.78 is 0. The van der Waals surface area contributed by atoms with Gasteiger partial charge < -0.3 is 5.73 Å². The Morgan fingerprint density at radius 2 is 0.931 bits per heavy atom. The van der Waals surface area contributed by atoms with Crippen molar-refractivity contribution >= 4 is 17.0 Å². The van der Waals surface area contributed by atoms with Crippen molar-refractivity contribution in [1.82, 2.24) is 0 Å². The highest BCUT2D eigenvalue weighted by atomic mass is 79.9. The molecule has 0 saturated carbocycles. The lowest BCUT2D eigenvalue weighted by Gasteiger charge is -2.36. The first-order valence-electron chi connectivity index (χ1n) is 13.0. The molecule has 0 radical (unpaired) electrons. The summed E-state index contributed by atoms with van der Waals surface area (Å²) in [7, 11) is 0. The molecule has 0 aliphatic heterocycles. The molecule has 0 fully saturated rings. The van der Waals surface area contributed by atoms with E-state index in [0.29, 0.717) is 0 Å². The lowest BCUT2D eigenvalue weighted by molar-refractivity contribution is 0.203. The molecule has 0 saturated heterocycles. The van der Waals surface area contributed by atoms with E-state index in [1.165, 1.54) is 128 Å². The maximum Gasteiger partial charge on any atom is 0.0278 e. The zero-order valence-corrected chi connectivity index (χ0v) is 22.2. The minimum atomic E-state index is 0. The van der Waals surface area contributed by atoms with Gasteiger partial charge in [-0.05, 0) is 24.7 Å². The van der Waals surface area contributed by atoms with Crippen LogP contribution in [0.1, 0.15) is 149 Å². The van der Waals surface area contributed by atoms with E-state index in [-0.39, 0.29) is 28.4 Å². The Morgan fingerprint density at radius 3 is 1.21 bits per heavy atom. The minimum Gasteiger partial charge on any atom is -0.324 e. The van der Waals surface area contributed by atoms with Crippen molar-refractivity contribution in [2.75, 3.05) is 0 Å². The molecule has 176 valence electrons. The molecule has 0 bridgehead atoms. The van der Waals surface area contributed by atoms with Gasteiger partial charge in [-0.3, -0.25) is 0 Å². The zero-order valence-electron chi connectivity index (χ0n) is 20.5. The molecule has 0 rings (SSSR count). The number of halogens is 1. The normalized spacial score (nSPS) is 12.6. The van der Waals surface area contributed by atoms with Crippen LogP contribution in [0.2, 0.25) is 0 Å². The number of nitrogens with two attached hydrogens (primary N) is 1. The quantitative estimate of drug-likeness (QED) is 0.123. The van der Waals surface area contributed by atoms with Crippen molar-refractivity contribution in [2.45, 2.75) is 155 Å². The fourth-order valence-electron chi connectivity index (χ4n) is 4.69. The van der Waals surface area contributed by atoms with Crippen LogP contribution >= 0.6 is 17.0 Å². The molecule has 29 heavy (non-hydrogen) atoms. The molecule has 2 heteroatoms. The molecule has 1 atom stereocenters. The molecule has 0 aliphatic rings. The third kappa shape index (κ3) is 16.5. The van der Waals surface area contributed by atoms with Gasteiger partial charge in [0.25, 0.3) is 0 Å². The lowest BCUT2D eigenvalue weighted by atomic mass is 9.72. The van der Waals surface area contributed by atoms with Gasteiger partial charge in [0.05, 0.1) is 0 Å². The Kier molecular flexibility index (Phi) is 24.7. The molecular weight excluding hydrogens is 418 g/mol. The molecule has 0 amide bonds. The minimum absolute atomic E-state index is 0. The first-order chi connectivity index (χ1) is 13.7. The average Bonchev–Trinajstić information content (AvgIpc) is 2.73. The number of rotatable bonds is 22. The van der Waals surface area contributed by atoms with Gasteiger partial charge in [-0.1, -0.05) is 136 Å². The number of hydrogen-bond donors (Lipinski definition) is 1. The summed E-state index contributed by atoms with van der Waals surface area (Å²) in [6, 6.07) is 0.156. The van der Waals surface area contributed by atoms with Gasteiger partial charge in [0, 0.05) is 6.04 Å². The topological polar surface area (TPSA) is 26.0 Å². The molecule has 1 unspecified atom stereocenters. The van der Waals surface area contributed by atoms with E-state index < -0.39 is 0 Å². The van der Waals surface area contributed by atoms with E-state index in [1.807, 2.05) is 6.08 Å². The monoisotopic (exact) mass is 473 g/mol. The predicted molar refractivity (Wildman–Crippen MR) is 140 cm³/mol. The summed E-state index contributed by atoms with van der Waals surface area (Å²) in [4.78, 5) is 0. The second kappa shape index (κ2) is 22.9. The third-order valence-corrected chi connectivity index (χ3v) is 7.15. The number of unbranched alkanes of at least 4 members (excludes halogenated alkanes) is 16. The molecule has 0 aromatic carbocycles. The summed E-state index contributed by atoms with van der Waals surface area (Å²) in [6.45, 7) is 10.8. The van der Waals surface area contributed by atoms with E-state index in [2.05, 4.69) is 27.4 Å². The van der Waals surface area contributed by atoms with Crippen molar-refractivity contribution in [2.24, 2.45) is 11.1 Å². The SMILES string of the molecule is Br.C=CC(N)C(CC)(CC)CCCCCCCCCCCCCCCCCCC. The fourth-order valence-corrected chi connectivity index (χ4v) is 4.69. The van der Waals surface area contributed by atoms with Crippen LogP contribution in [-0.2, 0) is 0 Å². The van der Waals surface area contributed by atoms with Crippen LogP contribution in [0.25, 0.3) is 0 Å². The van der Waals surface area contributed by atoms with Crippen LogP contribution in [0.4, 0.5) is 0 Å². The molecular formula is C27H56BrN.